The highest BCUT2D eigenvalue weighted by Crippen LogP contribution is 2.21. The predicted molar refractivity (Wildman–Crippen MR) is 57.5 cm³/mol. The lowest BCUT2D eigenvalue weighted by molar-refractivity contribution is 0.240. The first-order chi connectivity index (χ1) is 6.65. The van der Waals surface area contributed by atoms with E-state index in [-0.39, 0.29) is 12.1 Å². The highest BCUT2D eigenvalue weighted by molar-refractivity contribution is 6.31. The summed E-state index contributed by atoms with van der Waals surface area (Å²) in [4.78, 5) is 11.0. The van der Waals surface area contributed by atoms with Crippen LogP contribution >= 0.6 is 11.6 Å². The van der Waals surface area contributed by atoms with Crippen LogP contribution in [-0.4, -0.2) is 13.1 Å². The molecule has 2 N–H and O–H groups in total. The molecule has 0 aliphatic rings. The second-order valence-electron chi connectivity index (χ2n) is 2.97. The first kappa shape index (κ1) is 10.9. The molecule has 0 fully saturated rings. The van der Waals surface area contributed by atoms with Gasteiger partial charge in [0.15, 0.2) is 0 Å². The summed E-state index contributed by atoms with van der Waals surface area (Å²) in [5.74, 6) is 0. The van der Waals surface area contributed by atoms with Gasteiger partial charge in [-0.15, -0.1) is 0 Å². The molecule has 4 heteroatoms. The Morgan fingerprint density at radius 2 is 2.07 bits per heavy atom. The van der Waals surface area contributed by atoms with Crippen LogP contribution in [0.25, 0.3) is 0 Å². The fraction of sp³-hybridized carbons (Fsp3) is 0.300. The molecule has 1 aromatic rings. The molecule has 0 radical (unpaired) electrons. The van der Waals surface area contributed by atoms with Gasteiger partial charge in [0.2, 0.25) is 0 Å². The van der Waals surface area contributed by atoms with Gasteiger partial charge in [0, 0.05) is 12.1 Å². The zero-order valence-corrected chi connectivity index (χ0v) is 8.93. The van der Waals surface area contributed by atoms with Crippen molar-refractivity contribution in [3.8, 4) is 0 Å². The third kappa shape index (κ3) is 2.64. The van der Waals surface area contributed by atoms with E-state index in [0.717, 1.165) is 5.56 Å². The van der Waals surface area contributed by atoms with Gasteiger partial charge in [-0.3, -0.25) is 0 Å². The van der Waals surface area contributed by atoms with Gasteiger partial charge >= 0.3 is 6.03 Å². The van der Waals surface area contributed by atoms with Crippen LogP contribution in [0.5, 0.6) is 0 Å². The van der Waals surface area contributed by atoms with Crippen LogP contribution in [0.4, 0.5) is 4.79 Å². The lowest BCUT2D eigenvalue weighted by atomic mass is 10.1. The van der Waals surface area contributed by atoms with Crippen molar-refractivity contribution in [1.29, 1.82) is 0 Å². The Bertz CT molecular complexity index is 328. The number of halogens is 1. The van der Waals surface area contributed by atoms with E-state index in [0.29, 0.717) is 5.02 Å². The largest absolute Gasteiger partial charge is 0.341 e. The molecule has 0 saturated carbocycles. The zero-order chi connectivity index (χ0) is 10.6. The van der Waals surface area contributed by atoms with Gasteiger partial charge in [0.25, 0.3) is 0 Å². The van der Waals surface area contributed by atoms with Crippen LogP contribution in [0.15, 0.2) is 24.3 Å². The van der Waals surface area contributed by atoms with Crippen LogP contribution in [0.3, 0.4) is 0 Å². The summed E-state index contributed by atoms with van der Waals surface area (Å²) in [7, 11) is 1.58. The van der Waals surface area contributed by atoms with E-state index >= 15 is 0 Å². The summed E-state index contributed by atoms with van der Waals surface area (Å²) in [6.45, 7) is 1.89. The highest BCUT2D eigenvalue weighted by Gasteiger charge is 2.10. The number of hydrogen-bond acceptors (Lipinski definition) is 1. The number of hydrogen-bond donors (Lipinski definition) is 2. The zero-order valence-electron chi connectivity index (χ0n) is 8.17. The Labute approximate surface area is 88.5 Å². The number of amides is 2. The number of nitrogens with one attached hydrogen (secondary N) is 2. The lowest BCUT2D eigenvalue weighted by Gasteiger charge is -2.14. The molecule has 14 heavy (non-hydrogen) atoms. The molecule has 2 amide bonds. The molecule has 0 bridgehead atoms. The lowest BCUT2D eigenvalue weighted by Crippen LogP contribution is -2.34. The summed E-state index contributed by atoms with van der Waals surface area (Å²) < 4.78 is 0. The van der Waals surface area contributed by atoms with Gasteiger partial charge in [0.1, 0.15) is 0 Å². The normalized spacial score (nSPS) is 11.9. The monoisotopic (exact) mass is 212 g/mol. The summed E-state index contributed by atoms with van der Waals surface area (Å²) in [6, 6.07) is 7.14. The van der Waals surface area contributed by atoms with E-state index in [1.807, 2.05) is 25.1 Å². The Kier molecular flexibility index (Phi) is 3.77. The average Bonchev–Trinajstić information content (AvgIpc) is 2.18. The number of carbonyl (C=O) groups excluding carboxylic acids is 1. The highest BCUT2D eigenvalue weighted by atomic mass is 35.5. The minimum absolute atomic E-state index is 0.0938. The first-order valence-corrected chi connectivity index (χ1v) is 4.75. The third-order valence-corrected chi connectivity index (χ3v) is 2.29. The van der Waals surface area contributed by atoms with Gasteiger partial charge in [0.05, 0.1) is 6.04 Å². The summed E-state index contributed by atoms with van der Waals surface area (Å²) in [5, 5.41) is 5.91. The maximum Gasteiger partial charge on any atom is 0.315 e. The Hall–Kier alpha value is -1.22. The van der Waals surface area contributed by atoms with E-state index in [1.165, 1.54) is 0 Å². The fourth-order valence-corrected chi connectivity index (χ4v) is 1.47. The minimum Gasteiger partial charge on any atom is -0.341 e. The van der Waals surface area contributed by atoms with E-state index in [2.05, 4.69) is 10.6 Å². The molecule has 0 aliphatic heterocycles. The van der Waals surface area contributed by atoms with Crippen molar-refractivity contribution in [2.75, 3.05) is 7.05 Å². The van der Waals surface area contributed by atoms with Gasteiger partial charge in [-0.2, -0.15) is 0 Å². The second-order valence-corrected chi connectivity index (χ2v) is 3.37. The van der Waals surface area contributed by atoms with Gasteiger partial charge in [-0.05, 0) is 18.6 Å². The number of rotatable bonds is 2. The number of benzene rings is 1. The van der Waals surface area contributed by atoms with E-state index in [1.54, 1.807) is 13.1 Å². The van der Waals surface area contributed by atoms with E-state index < -0.39 is 0 Å². The molecule has 0 aromatic heterocycles. The summed E-state index contributed by atoms with van der Waals surface area (Å²) in [6.07, 6.45) is 0. The van der Waals surface area contributed by atoms with Crippen LogP contribution in [0.2, 0.25) is 5.02 Å². The van der Waals surface area contributed by atoms with Crippen molar-refractivity contribution in [2.24, 2.45) is 0 Å². The van der Waals surface area contributed by atoms with Crippen molar-refractivity contribution < 1.29 is 4.79 Å². The maximum atomic E-state index is 11.0. The average molecular weight is 213 g/mol. The third-order valence-electron chi connectivity index (χ3n) is 1.95. The van der Waals surface area contributed by atoms with Crippen LogP contribution in [0, 0.1) is 0 Å². The molecule has 1 atom stereocenters. The first-order valence-electron chi connectivity index (χ1n) is 4.38. The molecule has 76 valence electrons. The van der Waals surface area contributed by atoms with Crippen molar-refractivity contribution >= 4 is 17.6 Å². The Balaban J connectivity index is 2.74. The van der Waals surface area contributed by atoms with Crippen molar-refractivity contribution in [2.45, 2.75) is 13.0 Å². The number of urea groups is 1. The Morgan fingerprint density at radius 1 is 1.43 bits per heavy atom. The maximum absolute atomic E-state index is 11.0. The van der Waals surface area contributed by atoms with Crippen molar-refractivity contribution in [3.05, 3.63) is 34.9 Å². The predicted octanol–water partition coefficient (Wildman–Crippen LogP) is 2.33. The molecule has 0 saturated heterocycles. The smallest absolute Gasteiger partial charge is 0.315 e. The van der Waals surface area contributed by atoms with E-state index in [9.17, 15) is 4.79 Å². The number of carbonyl (C=O) groups is 1. The van der Waals surface area contributed by atoms with Gasteiger partial charge < -0.3 is 10.6 Å². The molecular weight excluding hydrogens is 200 g/mol. The van der Waals surface area contributed by atoms with Crippen LogP contribution in [0.1, 0.15) is 18.5 Å². The molecule has 3 nitrogen and oxygen atoms in total. The van der Waals surface area contributed by atoms with Crippen molar-refractivity contribution in [3.63, 3.8) is 0 Å². The van der Waals surface area contributed by atoms with Gasteiger partial charge in [-0.1, -0.05) is 29.8 Å². The second kappa shape index (κ2) is 4.86. The minimum atomic E-state index is -0.211. The van der Waals surface area contributed by atoms with Crippen molar-refractivity contribution in [1.82, 2.24) is 10.6 Å². The molecule has 1 aromatic carbocycles. The Morgan fingerprint density at radius 3 is 2.64 bits per heavy atom. The topological polar surface area (TPSA) is 41.1 Å². The molecule has 1 unspecified atom stereocenters. The van der Waals surface area contributed by atoms with Gasteiger partial charge in [-0.25, -0.2) is 4.79 Å². The molecular formula is C10H13ClN2O. The van der Waals surface area contributed by atoms with Crippen LogP contribution in [-0.2, 0) is 0 Å². The molecule has 1 rings (SSSR count). The standard InChI is InChI=1S/C10H13ClN2O/c1-7(13-10(14)12-2)8-5-3-4-6-9(8)11/h3-7H,1-2H3,(H2,12,13,14). The summed E-state index contributed by atoms with van der Waals surface area (Å²) in [5.41, 5.74) is 0.915. The fourth-order valence-electron chi connectivity index (χ4n) is 1.17. The molecule has 0 spiro atoms. The molecule has 0 heterocycles. The molecule has 0 aliphatic carbocycles. The quantitative estimate of drug-likeness (QED) is 0.776. The van der Waals surface area contributed by atoms with Crippen LogP contribution < -0.4 is 10.6 Å². The SMILES string of the molecule is CNC(=O)NC(C)c1ccccc1Cl. The van der Waals surface area contributed by atoms with E-state index in [4.69, 9.17) is 11.6 Å². The summed E-state index contributed by atoms with van der Waals surface area (Å²) >= 11 is 5.97.